The average molecular weight is 455 g/mol. The van der Waals surface area contributed by atoms with Crippen molar-refractivity contribution in [1.82, 2.24) is 0 Å². The van der Waals surface area contributed by atoms with Gasteiger partial charge in [-0.15, -0.1) is 0 Å². The van der Waals surface area contributed by atoms with Gasteiger partial charge >= 0.3 is 0 Å². The highest BCUT2D eigenvalue weighted by molar-refractivity contribution is 5.64. The molecule has 3 aromatic carbocycles. The van der Waals surface area contributed by atoms with Gasteiger partial charge < -0.3 is 0 Å². The molecule has 0 heteroatoms. The Kier molecular flexibility index (Phi) is 8.80. The van der Waals surface area contributed by atoms with Gasteiger partial charge in [0.15, 0.2) is 0 Å². The lowest BCUT2D eigenvalue weighted by atomic mass is 9.80. The van der Waals surface area contributed by atoms with Crippen molar-refractivity contribution in [2.24, 2.45) is 17.3 Å². The number of rotatable bonds is 9. The maximum atomic E-state index is 2.42. The third kappa shape index (κ3) is 7.59. The molecule has 182 valence electrons. The average Bonchev–Trinajstić information content (AvgIpc) is 2.77. The first kappa shape index (κ1) is 26.3. The Balaban J connectivity index is 1.66. The molecular weight excluding hydrogens is 408 g/mol. The number of benzene rings is 3. The van der Waals surface area contributed by atoms with Gasteiger partial charge in [-0.3, -0.25) is 0 Å². The van der Waals surface area contributed by atoms with Crippen LogP contribution in [0.4, 0.5) is 0 Å². The van der Waals surface area contributed by atoms with Crippen LogP contribution in [0.2, 0.25) is 0 Å². The topological polar surface area (TPSA) is 0 Å². The summed E-state index contributed by atoms with van der Waals surface area (Å²) in [5, 5.41) is 0. The second kappa shape index (κ2) is 11.4. The van der Waals surface area contributed by atoms with Crippen LogP contribution in [0.15, 0.2) is 72.8 Å². The predicted octanol–water partition coefficient (Wildman–Crippen LogP) is 10.1. The molecule has 0 aromatic heterocycles. The van der Waals surface area contributed by atoms with Crippen LogP contribution in [-0.4, -0.2) is 0 Å². The van der Waals surface area contributed by atoms with E-state index in [1.54, 1.807) is 0 Å². The van der Waals surface area contributed by atoms with Crippen molar-refractivity contribution < 1.29 is 0 Å². The molecule has 2 atom stereocenters. The lowest BCUT2D eigenvalue weighted by Crippen LogP contribution is -2.13. The van der Waals surface area contributed by atoms with E-state index >= 15 is 0 Å². The van der Waals surface area contributed by atoms with Crippen LogP contribution in [0.3, 0.4) is 0 Å². The third-order valence-corrected chi connectivity index (χ3v) is 7.05. The highest BCUT2D eigenvalue weighted by atomic mass is 14.2. The maximum Gasteiger partial charge on any atom is -0.0136 e. The minimum Gasteiger partial charge on any atom is -0.0622 e. The van der Waals surface area contributed by atoms with E-state index in [0.29, 0.717) is 29.1 Å². The molecule has 3 rings (SSSR count). The Labute approximate surface area is 209 Å². The van der Waals surface area contributed by atoms with E-state index < -0.39 is 0 Å². The molecule has 2 unspecified atom stereocenters. The number of hydrogen-bond acceptors (Lipinski definition) is 0. The largest absolute Gasteiger partial charge is 0.0622 e. The van der Waals surface area contributed by atoms with E-state index in [2.05, 4.69) is 128 Å². The Morgan fingerprint density at radius 2 is 1.06 bits per heavy atom. The molecule has 0 saturated heterocycles. The van der Waals surface area contributed by atoms with E-state index in [4.69, 9.17) is 0 Å². The molecule has 3 aromatic rings. The summed E-state index contributed by atoms with van der Waals surface area (Å²) in [5.41, 5.74) is 8.73. The van der Waals surface area contributed by atoms with Crippen LogP contribution in [0, 0.1) is 17.3 Å². The first-order valence-corrected chi connectivity index (χ1v) is 13.3. The molecule has 0 fully saturated rings. The van der Waals surface area contributed by atoms with Crippen molar-refractivity contribution in [1.29, 1.82) is 0 Å². The van der Waals surface area contributed by atoms with E-state index in [1.165, 1.54) is 39.8 Å². The first-order chi connectivity index (χ1) is 16.0. The highest BCUT2D eigenvalue weighted by Gasteiger charge is 2.19. The monoisotopic (exact) mass is 454 g/mol. The zero-order chi connectivity index (χ0) is 24.9. The lowest BCUT2D eigenvalue weighted by Gasteiger charge is -2.25. The standard InChI is InChI=1S/C34H46/c1-24(2)29-13-9-27(10-14-29)21-26(5)22-33(25(3)4)32-19-17-31(18-20-32)30-15-11-28(12-16-30)23-34(6,7)8/h9-20,24-26,33H,21-23H2,1-8H3. The van der Waals surface area contributed by atoms with Crippen molar-refractivity contribution >= 4 is 0 Å². The summed E-state index contributed by atoms with van der Waals surface area (Å²) in [6, 6.07) is 27.8. The molecule has 0 aliphatic heterocycles. The fourth-order valence-electron chi connectivity index (χ4n) is 5.10. The second-order valence-corrected chi connectivity index (χ2v) is 12.3. The molecule has 0 heterocycles. The number of hydrogen-bond donors (Lipinski definition) is 0. The van der Waals surface area contributed by atoms with Crippen LogP contribution in [0.25, 0.3) is 11.1 Å². The van der Waals surface area contributed by atoms with Gasteiger partial charge in [0.2, 0.25) is 0 Å². The van der Waals surface area contributed by atoms with Crippen molar-refractivity contribution in [3.63, 3.8) is 0 Å². The summed E-state index contributed by atoms with van der Waals surface area (Å²) in [4.78, 5) is 0. The van der Waals surface area contributed by atoms with Gasteiger partial charge in [0.1, 0.15) is 0 Å². The van der Waals surface area contributed by atoms with Gasteiger partial charge in [-0.25, -0.2) is 0 Å². The van der Waals surface area contributed by atoms with Gasteiger partial charge in [0.25, 0.3) is 0 Å². The lowest BCUT2D eigenvalue weighted by molar-refractivity contribution is 0.389. The summed E-state index contributed by atoms with van der Waals surface area (Å²) in [7, 11) is 0. The van der Waals surface area contributed by atoms with E-state index in [9.17, 15) is 0 Å². The zero-order valence-electron chi connectivity index (χ0n) is 22.9. The fraction of sp³-hybridized carbons (Fsp3) is 0.471. The third-order valence-electron chi connectivity index (χ3n) is 7.05. The first-order valence-electron chi connectivity index (χ1n) is 13.3. The molecule has 0 spiro atoms. The van der Waals surface area contributed by atoms with Gasteiger partial charge in [0.05, 0.1) is 0 Å². The SMILES string of the molecule is CC(Cc1ccc(C(C)C)cc1)CC(c1ccc(-c2ccc(CC(C)(C)C)cc2)cc1)C(C)C. The summed E-state index contributed by atoms with van der Waals surface area (Å²) >= 11 is 0. The molecule has 0 saturated carbocycles. The summed E-state index contributed by atoms with van der Waals surface area (Å²) in [6.07, 6.45) is 3.49. The van der Waals surface area contributed by atoms with E-state index in [0.717, 1.165) is 12.8 Å². The Morgan fingerprint density at radius 1 is 0.588 bits per heavy atom. The van der Waals surface area contributed by atoms with Gasteiger partial charge in [0, 0.05) is 0 Å². The van der Waals surface area contributed by atoms with E-state index in [-0.39, 0.29) is 0 Å². The molecule has 0 radical (unpaired) electrons. The summed E-state index contributed by atoms with van der Waals surface area (Å²) in [5.74, 6) is 2.48. The maximum absolute atomic E-state index is 2.42. The van der Waals surface area contributed by atoms with Crippen molar-refractivity contribution in [3.05, 3.63) is 95.1 Å². The Bertz CT molecular complexity index is 996. The molecule has 0 aliphatic carbocycles. The molecular formula is C34H46. The highest BCUT2D eigenvalue weighted by Crippen LogP contribution is 2.34. The van der Waals surface area contributed by atoms with Crippen LogP contribution in [-0.2, 0) is 12.8 Å². The van der Waals surface area contributed by atoms with Gasteiger partial charge in [-0.05, 0) is 81.7 Å². The van der Waals surface area contributed by atoms with Crippen LogP contribution >= 0.6 is 0 Å². The Morgan fingerprint density at radius 3 is 1.53 bits per heavy atom. The van der Waals surface area contributed by atoms with Gasteiger partial charge in [-0.1, -0.05) is 128 Å². The van der Waals surface area contributed by atoms with Crippen molar-refractivity contribution in [2.45, 2.75) is 86.5 Å². The Hall–Kier alpha value is -2.34. The second-order valence-electron chi connectivity index (χ2n) is 12.3. The van der Waals surface area contributed by atoms with Gasteiger partial charge in [-0.2, -0.15) is 0 Å². The zero-order valence-corrected chi connectivity index (χ0v) is 22.9. The molecule has 0 aliphatic rings. The normalized spacial score (nSPS) is 13.9. The smallest absolute Gasteiger partial charge is 0.0136 e. The molecule has 0 bridgehead atoms. The fourth-order valence-corrected chi connectivity index (χ4v) is 5.10. The van der Waals surface area contributed by atoms with Crippen molar-refractivity contribution in [3.8, 4) is 11.1 Å². The molecule has 0 nitrogen and oxygen atoms in total. The summed E-state index contributed by atoms with van der Waals surface area (Å²) < 4.78 is 0. The van der Waals surface area contributed by atoms with Crippen molar-refractivity contribution in [2.75, 3.05) is 0 Å². The predicted molar refractivity (Wildman–Crippen MR) is 151 cm³/mol. The molecule has 34 heavy (non-hydrogen) atoms. The molecule has 0 amide bonds. The quantitative estimate of drug-likeness (QED) is 0.302. The van der Waals surface area contributed by atoms with Crippen LogP contribution in [0.1, 0.15) is 95.9 Å². The van der Waals surface area contributed by atoms with Crippen LogP contribution in [0.5, 0.6) is 0 Å². The minimum atomic E-state index is 0.323. The molecule has 0 N–H and O–H groups in total. The van der Waals surface area contributed by atoms with Crippen LogP contribution < -0.4 is 0 Å². The summed E-state index contributed by atoms with van der Waals surface area (Å²) in [6.45, 7) is 18.6. The minimum absolute atomic E-state index is 0.323. The van der Waals surface area contributed by atoms with E-state index in [1.807, 2.05) is 0 Å².